The van der Waals surface area contributed by atoms with Gasteiger partial charge in [-0.3, -0.25) is 0 Å². The summed E-state index contributed by atoms with van der Waals surface area (Å²) in [6.45, 7) is 6.42. The largest absolute Gasteiger partial charge is 0.325 e. The molecule has 1 aliphatic rings. The van der Waals surface area contributed by atoms with Crippen LogP contribution in [0.15, 0.2) is 24.3 Å². The molecule has 2 aromatic rings. The molecule has 1 fully saturated rings. The van der Waals surface area contributed by atoms with Crippen LogP contribution in [0.2, 0.25) is 0 Å². The highest BCUT2D eigenvalue weighted by Crippen LogP contribution is 2.07. The second-order valence-electron chi connectivity index (χ2n) is 5.39. The lowest BCUT2D eigenvalue weighted by Crippen LogP contribution is -3.27. The fourth-order valence-electron chi connectivity index (χ4n) is 2.84. The van der Waals surface area contributed by atoms with Crippen molar-refractivity contribution in [3.8, 4) is 6.07 Å². The summed E-state index contributed by atoms with van der Waals surface area (Å²) in [7, 11) is 0. The number of nitriles is 1. The third-order valence-corrected chi connectivity index (χ3v) is 4.05. The maximum absolute atomic E-state index is 8.63. The lowest BCUT2D eigenvalue weighted by Gasteiger charge is -2.29. The van der Waals surface area contributed by atoms with E-state index in [0.717, 1.165) is 50.4 Å². The van der Waals surface area contributed by atoms with E-state index in [4.69, 9.17) is 5.26 Å². The average molecular weight is 272 g/mol. The predicted octanol–water partition coefficient (Wildman–Crippen LogP) is -1.91. The fourth-order valence-corrected chi connectivity index (χ4v) is 2.84. The van der Waals surface area contributed by atoms with Crippen molar-refractivity contribution < 1.29 is 9.80 Å². The van der Waals surface area contributed by atoms with Crippen molar-refractivity contribution in [2.75, 3.05) is 32.7 Å². The number of piperazine rings is 1. The first-order valence-electron chi connectivity index (χ1n) is 7.19. The lowest BCUT2D eigenvalue weighted by atomic mass is 10.3. The number of nitrogens with one attached hydrogen (secondary N) is 2. The van der Waals surface area contributed by atoms with E-state index in [1.807, 2.05) is 22.9 Å². The van der Waals surface area contributed by atoms with E-state index in [1.54, 1.807) is 9.80 Å². The molecule has 20 heavy (non-hydrogen) atoms. The van der Waals surface area contributed by atoms with Gasteiger partial charge < -0.3 is 9.80 Å². The molecule has 1 aliphatic heterocycles. The third kappa shape index (κ3) is 2.79. The zero-order chi connectivity index (χ0) is 13.8. The summed E-state index contributed by atoms with van der Waals surface area (Å²) >= 11 is 0. The van der Waals surface area contributed by atoms with Crippen LogP contribution in [0.5, 0.6) is 0 Å². The summed E-state index contributed by atoms with van der Waals surface area (Å²) in [6.07, 6.45) is 0.665. The van der Waals surface area contributed by atoms with Crippen molar-refractivity contribution in [1.82, 2.24) is 15.0 Å². The Hall–Kier alpha value is -1.97. The van der Waals surface area contributed by atoms with Gasteiger partial charge in [0.15, 0.2) is 6.67 Å². The van der Waals surface area contributed by atoms with Crippen LogP contribution in [0.4, 0.5) is 0 Å². The minimum absolute atomic E-state index is 0.665. The minimum Gasteiger partial charge on any atom is -0.325 e. The molecule has 0 radical (unpaired) electrons. The van der Waals surface area contributed by atoms with Crippen molar-refractivity contribution >= 4 is 11.0 Å². The topological polar surface area (TPSA) is 63.4 Å². The Morgan fingerprint density at radius 2 is 1.90 bits per heavy atom. The van der Waals surface area contributed by atoms with Gasteiger partial charge in [-0.05, 0) is 12.1 Å². The molecule has 1 saturated heterocycles. The molecule has 0 unspecified atom stereocenters. The van der Waals surface area contributed by atoms with Crippen LogP contribution in [0.3, 0.4) is 0 Å². The number of hydrogen-bond donors (Lipinski definition) is 2. The maximum Gasteiger partial charge on any atom is 0.175 e. The SMILES string of the molecule is N#CCC[NH+]1CC[NH+](Cn2nnc3ccccc32)CC1. The predicted molar refractivity (Wildman–Crippen MR) is 74.0 cm³/mol. The van der Waals surface area contributed by atoms with Gasteiger partial charge in [-0.15, -0.1) is 5.10 Å². The van der Waals surface area contributed by atoms with Gasteiger partial charge in [0.1, 0.15) is 31.7 Å². The van der Waals surface area contributed by atoms with Crippen LogP contribution in [-0.2, 0) is 6.67 Å². The highest BCUT2D eigenvalue weighted by molar-refractivity contribution is 5.73. The van der Waals surface area contributed by atoms with Crippen LogP contribution in [-0.4, -0.2) is 47.7 Å². The summed E-state index contributed by atoms with van der Waals surface area (Å²) in [5, 5.41) is 17.1. The molecule has 1 aromatic carbocycles. The molecule has 0 amide bonds. The maximum atomic E-state index is 8.63. The minimum atomic E-state index is 0.665. The molecule has 0 bridgehead atoms. The normalized spacial score (nSPS) is 22.8. The second-order valence-corrected chi connectivity index (χ2v) is 5.39. The smallest absolute Gasteiger partial charge is 0.175 e. The number of hydrogen-bond acceptors (Lipinski definition) is 3. The van der Waals surface area contributed by atoms with Gasteiger partial charge in [0.05, 0.1) is 24.6 Å². The Kier molecular flexibility index (Phi) is 3.90. The Morgan fingerprint density at radius 1 is 1.15 bits per heavy atom. The van der Waals surface area contributed by atoms with E-state index in [9.17, 15) is 0 Å². The molecule has 0 spiro atoms. The molecule has 0 atom stereocenters. The zero-order valence-electron chi connectivity index (χ0n) is 11.5. The molecule has 104 valence electrons. The molecule has 2 heterocycles. The van der Waals surface area contributed by atoms with Crippen LogP contribution < -0.4 is 9.80 Å². The van der Waals surface area contributed by atoms with Gasteiger partial charge in [-0.2, -0.15) is 9.94 Å². The van der Waals surface area contributed by atoms with Crippen LogP contribution in [0, 0.1) is 11.3 Å². The van der Waals surface area contributed by atoms with E-state index < -0.39 is 0 Å². The first kappa shape index (κ1) is 13.0. The second kappa shape index (κ2) is 5.99. The first-order chi connectivity index (χ1) is 9.86. The molecule has 6 heteroatoms. The third-order valence-electron chi connectivity index (χ3n) is 4.05. The number of rotatable bonds is 4. The lowest BCUT2D eigenvalue weighted by molar-refractivity contribution is -1.02. The summed E-state index contributed by atoms with van der Waals surface area (Å²) in [5.41, 5.74) is 2.07. The van der Waals surface area contributed by atoms with Gasteiger partial charge >= 0.3 is 0 Å². The van der Waals surface area contributed by atoms with Gasteiger partial charge in [0, 0.05) is 0 Å². The van der Waals surface area contributed by atoms with Crippen molar-refractivity contribution in [3.05, 3.63) is 24.3 Å². The number of fused-ring (bicyclic) bond motifs is 1. The van der Waals surface area contributed by atoms with E-state index >= 15 is 0 Å². The summed E-state index contributed by atoms with van der Waals surface area (Å²) in [4.78, 5) is 3.10. The molecule has 2 N–H and O–H groups in total. The van der Waals surface area contributed by atoms with Crippen LogP contribution in [0.25, 0.3) is 11.0 Å². The zero-order valence-corrected chi connectivity index (χ0v) is 11.5. The van der Waals surface area contributed by atoms with Crippen LogP contribution in [0.1, 0.15) is 6.42 Å². The standard InChI is InChI=1S/C14H18N6/c15-6-3-7-18-8-10-19(11-9-18)12-20-14-5-2-1-4-13(14)16-17-20/h1-2,4-5H,3,7-12H2/p+2. The quantitative estimate of drug-likeness (QED) is 0.682. The van der Waals surface area contributed by atoms with Gasteiger partial charge in [0.2, 0.25) is 0 Å². The van der Waals surface area contributed by atoms with E-state index in [2.05, 4.69) is 22.4 Å². The molecule has 0 saturated carbocycles. The summed E-state index contributed by atoms with van der Waals surface area (Å²) < 4.78 is 2.00. The van der Waals surface area contributed by atoms with Gasteiger partial charge in [-0.25, -0.2) is 0 Å². The van der Waals surface area contributed by atoms with E-state index in [-0.39, 0.29) is 0 Å². The van der Waals surface area contributed by atoms with E-state index in [0.29, 0.717) is 6.42 Å². The Balaban J connectivity index is 1.59. The average Bonchev–Trinajstić information content (AvgIpc) is 2.90. The van der Waals surface area contributed by atoms with Crippen LogP contribution >= 0.6 is 0 Å². The summed E-state index contributed by atoms with van der Waals surface area (Å²) in [6, 6.07) is 10.3. The van der Waals surface area contributed by atoms with Crippen molar-refractivity contribution in [2.24, 2.45) is 0 Å². The Morgan fingerprint density at radius 3 is 2.70 bits per heavy atom. The number of quaternary nitrogens is 2. The molecule has 3 rings (SSSR count). The fraction of sp³-hybridized carbons (Fsp3) is 0.500. The number of aromatic nitrogens is 3. The molecular weight excluding hydrogens is 252 g/mol. The van der Waals surface area contributed by atoms with E-state index in [1.165, 1.54) is 0 Å². The molecule has 0 aliphatic carbocycles. The number of nitrogens with zero attached hydrogens (tertiary/aromatic N) is 4. The highest BCUT2D eigenvalue weighted by atomic mass is 15.5. The Labute approximate surface area is 118 Å². The van der Waals surface area contributed by atoms with Crippen molar-refractivity contribution in [1.29, 1.82) is 5.26 Å². The van der Waals surface area contributed by atoms with Gasteiger partial charge in [-0.1, -0.05) is 17.3 Å². The van der Waals surface area contributed by atoms with Gasteiger partial charge in [0.25, 0.3) is 0 Å². The Bertz CT molecular complexity index is 605. The number of benzene rings is 1. The molecule has 1 aromatic heterocycles. The molecule has 6 nitrogen and oxygen atoms in total. The first-order valence-corrected chi connectivity index (χ1v) is 7.19. The summed E-state index contributed by atoms with van der Waals surface area (Å²) in [5.74, 6) is 0. The monoisotopic (exact) mass is 272 g/mol. The van der Waals surface area contributed by atoms with Crippen molar-refractivity contribution in [3.63, 3.8) is 0 Å². The number of para-hydroxylation sites is 1. The molecular formula is C14H20N6+2. The highest BCUT2D eigenvalue weighted by Gasteiger charge is 2.23. The van der Waals surface area contributed by atoms with Crippen molar-refractivity contribution in [2.45, 2.75) is 13.1 Å².